The molecular formula is C16H21N3O3. The summed E-state index contributed by atoms with van der Waals surface area (Å²) in [4.78, 5) is 22.8. The highest BCUT2D eigenvalue weighted by Gasteiger charge is 2.07. The van der Waals surface area contributed by atoms with Crippen LogP contribution in [0, 0.1) is 0 Å². The fourth-order valence-electron chi connectivity index (χ4n) is 2.13. The van der Waals surface area contributed by atoms with E-state index >= 15 is 0 Å². The second-order valence-corrected chi connectivity index (χ2v) is 5.08. The van der Waals surface area contributed by atoms with E-state index in [1.165, 1.54) is 5.57 Å². The smallest absolute Gasteiger partial charge is 0.248 e. The van der Waals surface area contributed by atoms with Crippen LogP contribution in [0.3, 0.4) is 0 Å². The minimum Gasteiger partial charge on any atom is -0.493 e. The molecule has 1 aliphatic heterocycles. The van der Waals surface area contributed by atoms with Gasteiger partial charge in [-0.3, -0.25) is 9.59 Å². The number of benzene rings is 1. The Kier molecular flexibility index (Phi) is 5.97. The van der Waals surface area contributed by atoms with Crippen molar-refractivity contribution >= 4 is 11.8 Å². The molecule has 22 heavy (non-hydrogen) atoms. The molecule has 0 atom stereocenters. The van der Waals surface area contributed by atoms with Crippen LogP contribution < -0.4 is 21.1 Å². The summed E-state index contributed by atoms with van der Waals surface area (Å²) in [5.41, 5.74) is 6.84. The molecule has 1 heterocycles. The molecule has 0 unspecified atom stereocenters. The van der Waals surface area contributed by atoms with Gasteiger partial charge in [0.1, 0.15) is 5.75 Å². The van der Waals surface area contributed by atoms with Crippen molar-refractivity contribution in [1.82, 2.24) is 10.6 Å². The van der Waals surface area contributed by atoms with E-state index in [-0.39, 0.29) is 18.9 Å². The van der Waals surface area contributed by atoms with Gasteiger partial charge in [0.15, 0.2) is 0 Å². The molecule has 0 fully saturated rings. The lowest BCUT2D eigenvalue weighted by Gasteiger charge is -2.14. The van der Waals surface area contributed by atoms with Crippen LogP contribution in [0.2, 0.25) is 0 Å². The maximum atomic E-state index is 11.7. The van der Waals surface area contributed by atoms with Crippen LogP contribution in [0.5, 0.6) is 5.75 Å². The van der Waals surface area contributed by atoms with Gasteiger partial charge >= 0.3 is 0 Å². The highest BCUT2D eigenvalue weighted by atomic mass is 16.5. The number of carbonyl (C=O) groups is 2. The third-order valence-corrected chi connectivity index (χ3v) is 3.39. The first-order valence-electron chi connectivity index (χ1n) is 7.33. The minimum atomic E-state index is -0.501. The zero-order chi connectivity index (χ0) is 15.8. The zero-order valence-electron chi connectivity index (χ0n) is 12.4. The fourth-order valence-corrected chi connectivity index (χ4v) is 2.13. The standard InChI is InChI=1S/C16H21N3O3/c17-16(21)13-2-1-3-14(10-13)22-9-6-15(20)19-11-12-4-7-18-8-5-12/h1-4,10,18H,5-9,11H2,(H2,17,21)(H,19,20). The predicted octanol–water partition coefficient (Wildman–Crippen LogP) is 0.590. The molecule has 6 nitrogen and oxygen atoms in total. The van der Waals surface area contributed by atoms with E-state index in [1.54, 1.807) is 24.3 Å². The number of nitrogens with two attached hydrogens (primary N) is 1. The van der Waals surface area contributed by atoms with Crippen LogP contribution in [0.25, 0.3) is 0 Å². The average Bonchev–Trinajstić information content (AvgIpc) is 2.54. The summed E-state index contributed by atoms with van der Waals surface area (Å²) in [6, 6.07) is 6.61. The van der Waals surface area contributed by atoms with Gasteiger partial charge in [0.05, 0.1) is 13.0 Å². The fraction of sp³-hybridized carbons (Fsp3) is 0.375. The van der Waals surface area contributed by atoms with Gasteiger partial charge in [-0.1, -0.05) is 17.7 Å². The minimum absolute atomic E-state index is 0.0505. The largest absolute Gasteiger partial charge is 0.493 e. The maximum absolute atomic E-state index is 11.7. The van der Waals surface area contributed by atoms with Gasteiger partial charge in [-0.25, -0.2) is 0 Å². The number of ether oxygens (including phenoxy) is 1. The lowest BCUT2D eigenvalue weighted by Crippen LogP contribution is -2.30. The van der Waals surface area contributed by atoms with Gasteiger partial charge in [-0.2, -0.15) is 0 Å². The Morgan fingerprint density at radius 2 is 2.23 bits per heavy atom. The average molecular weight is 303 g/mol. The van der Waals surface area contributed by atoms with Crippen molar-refractivity contribution in [2.45, 2.75) is 12.8 Å². The molecule has 6 heteroatoms. The second kappa shape index (κ2) is 8.19. The summed E-state index contributed by atoms with van der Waals surface area (Å²) in [6.07, 6.45) is 3.35. The van der Waals surface area contributed by atoms with Crippen molar-refractivity contribution < 1.29 is 14.3 Å². The quantitative estimate of drug-likeness (QED) is 0.643. The molecule has 0 saturated carbocycles. The van der Waals surface area contributed by atoms with Crippen molar-refractivity contribution in [2.24, 2.45) is 5.73 Å². The second-order valence-electron chi connectivity index (χ2n) is 5.08. The number of rotatable bonds is 7. The third kappa shape index (κ3) is 5.21. The van der Waals surface area contributed by atoms with Gasteiger partial charge in [0.25, 0.3) is 0 Å². The lowest BCUT2D eigenvalue weighted by molar-refractivity contribution is -0.121. The molecule has 2 amide bonds. The number of primary amides is 1. The third-order valence-electron chi connectivity index (χ3n) is 3.39. The normalized spacial score (nSPS) is 14.1. The molecule has 118 valence electrons. The molecule has 2 rings (SSSR count). The molecule has 1 aromatic rings. The molecule has 0 saturated heterocycles. The number of hydrogen-bond acceptors (Lipinski definition) is 4. The summed E-state index contributed by atoms with van der Waals surface area (Å²) >= 11 is 0. The van der Waals surface area contributed by atoms with E-state index in [9.17, 15) is 9.59 Å². The van der Waals surface area contributed by atoms with Gasteiger partial charge in [-0.15, -0.1) is 0 Å². The van der Waals surface area contributed by atoms with E-state index < -0.39 is 5.91 Å². The van der Waals surface area contributed by atoms with E-state index in [0.717, 1.165) is 19.5 Å². The molecule has 1 aromatic carbocycles. The van der Waals surface area contributed by atoms with Gasteiger partial charge < -0.3 is 21.1 Å². The van der Waals surface area contributed by atoms with Crippen LogP contribution >= 0.6 is 0 Å². The topological polar surface area (TPSA) is 93.5 Å². The monoisotopic (exact) mass is 303 g/mol. The maximum Gasteiger partial charge on any atom is 0.248 e. The highest BCUT2D eigenvalue weighted by molar-refractivity contribution is 5.93. The van der Waals surface area contributed by atoms with Crippen LogP contribution in [-0.4, -0.2) is 38.1 Å². The Bertz CT molecular complexity index is 570. The molecule has 0 bridgehead atoms. The molecule has 4 N–H and O–H groups in total. The number of hydrogen-bond donors (Lipinski definition) is 3. The van der Waals surface area contributed by atoms with Crippen molar-refractivity contribution in [3.8, 4) is 5.75 Å². The molecule has 0 aromatic heterocycles. The first kappa shape index (κ1) is 16.0. The van der Waals surface area contributed by atoms with E-state index in [0.29, 0.717) is 17.9 Å². The molecule has 0 radical (unpaired) electrons. The summed E-state index contributed by atoms with van der Waals surface area (Å²) < 4.78 is 5.47. The van der Waals surface area contributed by atoms with Crippen molar-refractivity contribution in [3.05, 3.63) is 41.5 Å². The van der Waals surface area contributed by atoms with Crippen LogP contribution in [0.1, 0.15) is 23.2 Å². The van der Waals surface area contributed by atoms with Gasteiger partial charge in [0, 0.05) is 18.7 Å². The van der Waals surface area contributed by atoms with Crippen LogP contribution in [0.4, 0.5) is 0 Å². The molecular weight excluding hydrogens is 282 g/mol. The Balaban J connectivity index is 1.69. The molecule has 0 aliphatic carbocycles. The summed E-state index contributed by atoms with van der Waals surface area (Å²) in [5.74, 6) is -0.0194. The lowest BCUT2D eigenvalue weighted by atomic mass is 10.1. The van der Waals surface area contributed by atoms with Crippen molar-refractivity contribution in [1.29, 1.82) is 0 Å². The number of carbonyl (C=O) groups excluding carboxylic acids is 2. The predicted molar refractivity (Wildman–Crippen MR) is 83.7 cm³/mol. The number of amides is 2. The highest BCUT2D eigenvalue weighted by Crippen LogP contribution is 2.13. The Hall–Kier alpha value is -2.34. The van der Waals surface area contributed by atoms with Gasteiger partial charge in [0.2, 0.25) is 11.8 Å². The van der Waals surface area contributed by atoms with Crippen molar-refractivity contribution in [2.75, 3.05) is 26.2 Å². The Morgan fingerprint density at radius 1 is 1.36 bits per heavy atom. The summed E-state index contributed by atoms with van der Waals surface area (Å²) in [7, 11) is 0. The first-order chi connectivity index (χ1) is 10.6. The van der Waals surface area contributed by atoms with E-state index in [1.807, 2.05) is 0 Å². The molecule has 0 spiro atoms. The number of nitrogens with one attached hydrogen (secondary N) is 2. The van der Waals surface area contributed by atoms with Crippen LogP contribution in [-0.2, 0) is 4.79 Å². The summed E-state index contributed by atoms with van der Waals surface area (Å²) in [6.45, 7) is 2.68. The SMILES string of the molecule is NC(=O)c1cccc(OCCC(=O)NCC2=CCNCC2)c1. The van der Waals surface area contributed by atoms with Crippen molar-refractivity contribution in [3.63, 3.8) is 0 Å². The molecule has 1 aliphatic rings. The first-order valence-corrected chi connectivity index (χ1v) is 7.33. The van der Waals surface area contributed by atoms with E-state index in [2.05, 4.69) is 16.7 Å². The van der Waals surface area contributed by atoms with Gasteiger partial charge in [-0.05, 0) is 31.2 Å². The van der Waals surface area contributed by atoms with Crippen LogP contribution in [0.15, 0.2) is 35.9 Å². The van der Waals surface area contributed by atoms with E-state index in [4.69, 9.17) is 10.5 Å². The Morgan fingerprint density at radius 3 is 2.95 bits per heavy atom. The summed E-state index contributed by atoms with van der Waals surface area (Å²) in [5, 5.41) is 6.10. The zero-order valence-corrected chi connectivity index (χ0v) is 12.4. The Labute approximate surface area is 129 Å².